The molecule has 5 nitrogen and oxygen atoms in total. The first-order valence-electron chi connectivity index (χ1n) is 8.65. The van der Waals surface area contributed by atoms with Crippen molar-refractivity contribution in [2.45, 2.75) is 25.2 Å². The van der Waals surface area contributed by atoms with Gasteiger partial charge in [0.1, 0.15) is 0 Å². The second kappa shape index (κ2) is 7.41. The number of likely N-dealkylation sites (tertiary alicyclic amines) is 2. The molecule has 1 amide bonds. The lowest BCUT2D eigenvalue weighted by atomic mass is 9.93. The summed E-state index contributed by atoms with van der Waals surface area (Å²) in [5.74, 6) is 1.02. The van der Waals surface area contributed by atoms with Crippen molar-refractivity contribution < 1.29 is 9.90 Å². The SMILES string of the molecule is CN1CCC(CC(=O)N2C[C@@H](CO)[C@H](c3ccccn3)C2)CC1. The third-order valence-electron chi connectivity index (χ3n) is 5.40. The lowest BCUT2D eigenvalue weighted by molar-refractivity contribution is -0.131. The van der Waals surface area contributed by atoms with Gasteiger partial charge in [0.2, 0.25) is 5.91 Å². The minimum Gasteiger partial charge on any atom is -0.396 e. The molecule has 0 aromatic carbocycles. The Morgan fingerprint density at radius 2 is 2.09 bits per heavy atom. The Hall–Kier alpha value is -1.46. The molecule has 0 radical (unpaired) electrons. The molecule has 1 N–H and O–H groups in total. The van der Waals surface area contributed by atoms with Crippen LogP contribution in [0.4, 0.5) is 0 Å². The zero-order valence-corrected chi connectivity index (χ0v) is 13.9. The van der Waals surface area contributed by atoms with Crippen molar-refractivity contribution in [2.24, 2.45) is 11.8 Å². The zero-order chi connectivity index (χ0) is 16.2. The Bertz CT molecular complexity index is 514. The Balaban J connectivity index is 1.59. The van der Waals surface area contributed by atoms with Crippen molar-refractivity contribution in [3.05, 3.63) is 30.1 Å². The second-order valence-corrected chi connectivity index (χ2v) is 7.05. The molecular weight excluding hydrogens is 290 g/mol. The monoisotopic (exact) mass is 317 g/mol. The predicted octanol–water partition coefficient (Wildman–Crippen LogP) is 1.35. The summed E-state index contributed by atoms with van der Waals surface area (Å²) >= 11 is 0. The van der Waals surface area contributed by atoms with E-state index in [1.165, 1.54) is 0 Å². The van der Waals surface area contributed by atoms with Gasteiger partial charge >= 0.3 is 0 Å². The van der Waals surface area contributed by atoms with Crippen LogP contribution in [-0.4, -0.2) is 65.6 Å². The highest BCUT2D eigenvalue weighted by Gasteiger charge is 2.37. The largest absolute Gasteiger partial charge is 0.396 e. The van der Waals surface area contributed by atoms with Gasteiger partial charge in [-0.25, -0.2) is 0 Å². The minimum atomic E-state index is 0.103. The van der Waals surface area contributed by atoms with Crippen LogP contribution in [0.25, 0.3) is 0 Å². The molecule has 0 aliphatic carbocycles. The highest BCUT2D eigenvalue weighted by atomic mass is 16.3. The maximum atomic E-state index is 12.6. The second-order valence-electron chi connectivity index (χ2n) is 7.05. The van der Waals surface area contributed by atoms with Crippen molar-refractivity contribution >= 4 is 5.91 Å². The number of aliphatic hydroxyl groups excluding tert-OH is 1. The lowest BCUT2D eigenvalue weighted by Gasteiger charge is -2.29. The van der Waals surface area contributed by atoms with E-state index in [1.807, 2.05) is 23.1 Å². The van der Waals surface area contributed by atoms with Gasteiger partial charge in [-0.1, -0.05) is 6.07 Å². The summed E-state index contributed by atoms with van der Waals surface area (Å²) in [4.78, 5) is 21.3. The quantitative estimate of drug-likeness (QED) is 0.911. The predicted molar refractivity (Wildman–Crippen MR) is 89.0 cm³/mol. The number of amides is 1. The summed E-state index contributed by atoms with van der Waals surface area (Å²) < 4.78 is 0. The number of carbonyl (C=O) groups excluding carboxylic acids is 1. The Morgan fingerprint density at radius 1 is 1.30 bits per heavy atom. The molecule has 0 bridgehead atoms. The molecule has 1 aromatic rings. The third-order valence-corrected chi connectivity index (χ3v) is 5.40. The van der Waals surface area contributed by atoms with Crippen molar-refractivity contribution in [1.29, 1.82) is 0 Å². The van der Waals surface area contributed by atoms with Crippen LogP contribution in [-0.2, 0) is 4.79 Å². The number of piperidine rings is 1. The van der Waals surface area contributed by atoms with Crippen LogP contribution in [0.5, 0.6) is 0 Å². The smallest absolute Gasteiger partial charge is 0.222 e. The van der Waals surface area contributed by atoms with Gasteiger partial charge in [0.05, 0.1) is 0 Å². The minimum absolute atomic E-state index is 0.103. The molecular formula is C18H27N3O2. The molecule has 2 aliphatic rings. The standard InChI is InChI=1S/C18H27N3O2/c1-20-8-5-14(6-9-20)10-18(23)21-11-15(13-22)16(12-21)17-4-2-3-7-19-17/h2-4,7,14-16,22H,5-6,8-13H2,1H3/t15-,16+/m0/s1. The number of carbonyl (C=O) groups is 1. The summed E-state index contributed by atoms with van der Waals surface area (Å²) in [5.41, 5.74) is 0.987. The first-order chi connectivity index (χ1) is 11.2. The van der Waals surface area contributed by atoms with Crippen LogP contribution in [0, 0.1) is 11.8 Å². The van der Waals surface area contributed by atoms with E-state index in [1.54, 1.807) is 6.20 Å². The molecule has 0 spiro atoms. The van der Waals surface area contributed by atoms with E-state index >= 15 is 0 Å². The molecule has 2 atom stereocenters. The number of pyridine rings is 1. The van der Waals surface area contributed by atoms with Crippen LogP contribution in [0.15, 0.2) is 24.4 Å². The summed E-state index contributed by atoms with van der Waals surface area (Å²) in [5, 5.41) is 9.68. The lowest BCUT2D eigenvalue weighted by Crippen LogP contribution is -2.35. The maximum Gasteiger partial charge on any atom is 0.222 e. The molecule has 0 saturated carbocycles. The average Bonchev–Trinajstić information content (AvgIpc) is 3.02. The molecule has 3 rings (SSSR count). The molecule has 23 heavy (non-hydrogen) atoms. The zero-order valence-electron chi connectivity index (χ0n) is 13.9. The Morgan fingerprint density at radius 3 is 2.74 bits per heavy atom. The van der Waals surface area contributed by atoms with Crippen LogP contribution in [0.2, 0.25) is 0 Å². The molecule has 1 aromatic heterocycles. The van der Waals surface area contributed by atoms with E-state index in [0.29, 0.717) is 25.4 Å². The summed E-state index contributed by atoms with van der Waals surface area (Å²) in [7, 11) is 2.14. The maximum absolute atomic E-state index is 12.6. The number of aliphatic hydroxyl groups is 1. The van der Waals surface area contributed by atoms with Crippen LogP contribution >= 0.6 is 0 Å². The van der Waals surface area contributed by atoms with Gasteiger partial charge < -0.3 is 14.9 Å². The van der Waals surface area contributed by atoms with Gasteiger partial charge in [0.15, 0.2) is 0 Å². The van der Waals surface area contributed by atoms with Gasteiger partial charge in [0, 0.05) is 49.8 Å². The highest BCUT2D eigenvalue weighted by molar-refractivity contribution is 5.77. The van der Waals surface area contributed by atoms with E-state index in [4.69, 9.17) is 0 Å². The first-order valence-corrected chi connectivity index (χ1v) is 8.65. The fourth-order valence-electron chi connectivity index (χ4n) is 3.83. The van der Waals surface area contributed by atoms with Gasteiger partial charge in [-0.3, -0.25) is 9.78 Å². The van der Waals surface area contributed by atoms with E-state index in [0.717, 1.165) is 31.6 Å². The molecule has 126 valence electrons. The van der Waals surface area contributed by atoms with Gasteiger partial charge in [-0.15, -0.1) is 0 Å². The van der Waals surface area contributed by atoms with Crippen molar-refractivity contribution in [1.82, 2.24) is 14.8 Å². The van der Waals surface area contributed by atoms with Gasteiger partial charge in [-0.2, -0.15) is 0 Å². The third kappa shape index (κ3) is 3.90. The molecule has 5 heteroatoms. The van der Waals surface area contributed by atoms with Gasteiger partial charge in [-0.05, 0) is 51.0 Å². The van der Waals surface area contributed by atoms with E-state index in [2.05, 4.69) is 16.9 Å². The van der Waals surface area contributed by atoms with Crippen molar-refractivity contribution in [3.63, 3.8) is 0 Å². The van der Waals surface area contributed by atoms with E-state index in [-0.39, 0.29) is 24.3 Å². The molecule has 0 unspecified atom stereocenters. The van der Waals surface area contributed by atoms with Gasteiger partial charge in [0.25, 0.3) is 0 Å². The van der Waals surface area contributed by atoms with Crippen LogP contribution in [0.3, 0.4) is 0 Å². The fourth-order valence-corrected chi connectivity index (χ4v) is 3.83. The number of rotatable bonds is 4. The Labute approximate surface area is 138 Å². The first kappa shape index (κ1) is 16.4. The fraction of sp³-hybridized carbons (Fsp3) is 0.667. The Kier molecular flexibility index (Phi) is 5.28. The summed E-state index contributed by atoms with van der Waals surface area (Å²) in [6.45, 7) is 3.64. The summed E-state index contributed by atoms with van der Waals surface area (Å²) in [6, 6.07) is 5.87. The normalized spacial score (nSPS) is 26.6. The molecule has 2 fully saturated rings. The molecule has 2 saturated heterocycles. The number of hydrogen-bond donors (Lipinski definition) is 1. The topological polar surface area (TPSA) is 56.7 Å². The highest BCUT2D eigenvalue weighted by Crippen LogP contribution is 2.32. The number of aromatic nitrogens is 1. The number of hydrogen-bond acceptors (Lipinski definition) is 4. The van der Waals surface area contributed by atoms with Crippen LogP contribution in [0.1, 0.15) is 30.9 Å². The van der Waals surface area contributed by atoms with Crippen molar-refractivity contribution in [3.8, 4) is 0 Å². The van der Waals surface area contributed by atoms with E-state index in [9.17, 15) is 9.90 Å². The molecule has 3 heterocycles. The molecule has 2 aliphatic heterocycles. The number of nitrogens with zero attached hydrogens (tertiary/aromatic N) is 3. The van der Waals surface area contributed by atoms with E-state index < -0.39 is 0 Å². The van der Waals surface area contributed by atoms with Crippen LogP contribution < -0.4 is 0 Å². The summed E-state index contributed by atoms with van der Waals surface area (Å²) in [6.07, 6.45) is 4.67. The average molecular weight is 317 g/mol. The van der Waals surface area contributed by atoms with Crippen molar-refractivity contribution in [2.75, 3.05) is 39.8 Å².